The molecular formula is C12H19N3O. The lowest BCUT2D eigenvalue weighted by atomic mass is 10.0. The van der Waals surface area contributed by atoms with Crippen molar-refractivity contribution >= 4 is 0 Å². The van der Waals surface area contributed by atoms with E-state index in [1.807, 2.05) is 24.4 Å². The lowest BCUT2D eigenvalue weighted by Crippen LogP contribution is -2.48. The molecule has 16 heavy (non-hydrogen) atoms. The molecule has 1 fully saturated rings. The molecule has 0 radical (unpaired) electrons. The van der Waals surface area contributed by atoms with Crippen molar-refractivity contribution in [3.63, 3.8) is 0 Å². The van der Waals surface area contributed by atoms with E-state index in [9.17, 15) is 0 Å². The van der Waals surface area contributed by atoms with Crippen LogP contribution in [-0.4, -0.2) is 42.2 Å². The molecule has 2 atom stereocenters. The fourth-order valence-corrected chi connectivity index (χ4v) is 2.27. The van der Waals surface area contributed by atoms with Crippen molar-refractivity contribution in [3.05, 3.63) is 30.1 Å². The van der Waals surface area contributed by atoms with E-state index in [2.05, 4.69) is 16.8 Å². The highest BCUT2D eigenvalue weighted by molar-refractivity contribution is 5.12. The summed E-state index contributed by atoms with van der Waals surface area (Å²) in [5.41, 5.74) is 6.82. The van der Waals surface area contributed by atoms with Crippen molar-refractivity contribution in [1.29, 1.82) is 0 Å². The molecule has 1 aromatic rings. The highest BCUT2D eigenvalue weighted by atomic mass is 16.5. The second-order valence-corrected chi connectivity index (χ2v) is 3.97. The van der Waals surface area contributed by atoms with E-state index in [1.165, 1.54) is 0 Å². The molecule has 2 heterocycles. The van der Waals surface area contributed by atoms with Crippen molar-refractivity contribution in [1.82, 2.24) is 9.88 Å². The number of hydrogen-bond acceptors (Lipinski definition) is 4. The molecule has 0 amide bonds. The van der Waals surface area contributed by atoms with E-state index in [0.717, 1.165) is 25.4 Å². The Morgan fingerprint density at radius 2 is 2.44 bits per heavy atom. The van der Waals surface area contributed by atoms with Crippen LogP contribution in [0.1, 0.15) is 18.7 Å². The summed E-state index contributed by atoms with van der Waals surface area (Å²) in [6, 6.07) is 6.19. The maximum Gasteiger partial charge on any atom is 0.0909 e. The molecule has 4 nitrogen and oxygen atoms in total. The number of hydrogen-bond donors (Lipinski definition) is 1. The van der Waals surface area contributed by atoms with Crippen molar-refractivity contribution in [3.8, 4) is 0 Å². The Labute approximate surface area is 96.4 Å². The van der Waals surface area contributed by atoms with Gasteiger partial charge in [0.2, 0.25) is 0 Å². The van der Waals surface area contributed by atoms with Gasteiger partial charge in [-0.2, -0.15) is 0 Å². The third-order valence-corrected chi connectivity index (χ3v) is 3.09. The average Bonchev–Trinajstić information content (AvgIpc) is 2.38. The van der Waals surface area contributed by atoms with E-state index >= 15 is 0 Å². The predicted octanol–water partition coefficient (Wildman–Crippen LogP) is 0.802. The summed E-state index contributed by atoms with van der Waals surface area (Å²) in [5.74, 6) is 0. The Balaban J connectivity index is 2.24. The second-order valence-electron chi connectivity index (χ2n) is 3.97. The van der Waals surface area contributed by atoms with Gasteiger partial charge >= 0.3 is 0 Å². The van der Waals surface area contributed by atoms with Crippen LogP contribution in [0.5, 0.6) is 0 Å². The number of pyridine rings is 1. The Kier molecular flexibility index (Phi) is 3.88. The summed E-state index contributed by atoms with van der Waals surface area (Å²) >= 11 is 0. The summed E-state index contributed by atoms with van der Waals surface area (Å²) in [5, 5.41) is 0. The zero-order valence-electron chi connectivity index (χ0n) is 9.67. The van der Waals surface area contributed by atoms with Crippen LogP contribution in [0.2, 0.25) is 0 Å². The summed E-state index contributed by atoms with van der Waals surface area (Å²) in [4.78, 5) is 6.80. The molecule has 0 aliphatic carbocycles. The molecule has 1 aliphatic rings. The van der Waals surface area contributed by atoms with Gasteiger partial charge < -0.3 is 10.5 Å². The van der Waals surface area contributed by atoms with Crippen LogP contribution in [0, 0.1) is 0 Å². The monoisotopic (exact) mass is 221 g/mol. The standard InChI is InChI=1S/C12H19N3O/c1-2-15-7-8-16-11(9-13)12(15)10-5-3-4-6-14-10/h3-6,11-12H,2,7-9,13H2,1H3. The van der Waals surface area contributed by atoms with Gasteiger partial charge in [-0.25, -0.2) is 0 Å². The van der Waals surface area contributed by atoms with Gasteiger partial charge in [0.05, 0.1) is 24.4 Å². The number of likely N-dealkylation sites (N-methyl/N-ethyl adjacent to an activating group) is 1. The van der Waals surface area contributed by atoms with E-state index in [4.69, 9.17) is 10.5 Å². The van der Waals surface area contributed by atoms with E-state index in [0.29, 0.717) is 6.54 Å². The van der Waals surface area contributed by atoms with E-state index in [1.54, 1.807) is 0 Å². The van der Waals surface area contributed by atoms with Crippen LogP contribution in [0.25, 0.3) is 0 Å². The number of morpholine rings is 1. The summed E-state index contributed by atoms with van der Waals surface area (Å²) < 4.78 is 5.72. The normalized spacial score (nSPS) is 26.9. The number of nitrogens with zero attached hydrogens (tertiary/aromatic N) is 2. The highest BCUT2D eigenvalue weighted by Gasteiger charge is 2.32. The minimum atomic E-state index is 0.0589. The minimum Gasteiger partial charge on any atom is -0.374 e. The number of rotatable bonds is 3. The lowest BCUT2D eigenvalue weighted by Gasteiger charge is -2.39. The van der Waals surface area contributed by atoms with Crippen LogP contribution in [0.4, 0.5) is 0 Å². The quantitative estimate of drug-likeness (QED) is 0.820. The van der Waals surface area contributed by atoms with E-state index < -0.39 is 0 Å². The first-order valence-corrected chi connectivity index (χ1v) is 5.83. The minimum absolute atomic E-state index is 0.0589. The zero-order chi connectivity index (χ0) is 11.4. The molecule has 4 heteroatoms. The third-order valence-electron chi connectivity index (χ3n) is 3.09. The molecule has 88 valence electrons. The molecule has 0 aromatic carbocycles. The number of aromatic nitrogens is 1. The first-order chi connectivity index (χ1) is 7.86. The van der Waals surface area contributed by atoms with Gasteiger partial charge in [0.15, 0.2) is 0 Å². The van der Waals surface area contributed by atoms with E-state index in [-0.39, 0.29) is 12.1 Å². The van der Waals surface area contributed by atoms with Gasteiger partial charge in [0.25, 0.3) is 0 Å². The topological polar surface area (TPSA) is 51.4 Å². The molecular weight excluding hydrogens is 202 g/mol. The molecule has 1 aliphatic heterocycles. The maximum absolute atomic E-state index is 5.77. The fourth-order valence-electron chi connectivity index (χ4n) is 2.27. The van der Waals surface area contributed by atoms with Crippen molar-refractivity contribution in [2.24, 2.45) is 5.73 Å². The smallest absolute Gasteiger partial charge is 0.0909 e. The van der Waals surface area contributed by atoms with Gasteiger partial charge in [-0.05, 0) is 18.7 Å². The first-order valence-electron chi connectivity index (χ1n) is 5.83. The van der Waals surface area contributed by atoms with Crippen molar-refractivity contribution < 1.29 is 4.74 Å². The van der Waals surface area contributed by atoms with Crippen LogP contribution >= 0.6 is 0 Å². The van der Waals surface area contributed by atoms with Gasteiger partial charge in [0, 0.05) is 19.3 Å². The molecule has 0 saturated carbocycles. The average molecular weight is 221 g/mol. The van der Waals surface area contributed by atoms with Gasteiger partial charge in [0.1, 0.15) is 0 Å². The third kappa shape index (κ3) is 2.24. The van der Waals surface area contributed by atoms with Crippen LogP contribution in [0.15, 0.2) is 24.4 Å². The van der Waals surface area contributed by atoms with Crippen LogP contribution in [0.3, 0.4) is 0 Å². The van der Waals surface area contributed by atoms with Gasteiger partial charge in [-0.15, -0.1) is 0 Å². The molecule has 2 unspecified atom stereocenters. The predicted molar refractivity (Wildman–Crippen MR) is 63.0 cm³/mol. The summed E-state index contributed by atoms with van der Waals surface area (Å²) in [7, 11) is 0. The maximum atomic E-state index is 5.77. The molecule has 2 N–H and O–H groups in total. The molecule has 2 rings (SSSR count). The molecule has 0 spiro atoms. The zero-order valence-corrected chi connectivity index (χ0v) is 9.67. The molecule has 1 aromatic heterocycles. The van der Waals surface area contributed by atoms with Crippen molar-refractivity contribution in [2.45, 2.75) is 19.1 Å². The first kappa shape index (κ1) is 11.5. The second kappa shape index (κ2) is 5.39. The van der Waals surface area contributed by atoms with Gasteiger partial charge in [-0.1, -0.05) is 13.0 Å². The molecule has 1 saturated heterocycles. The van der Waals surface area contributed by atoms with Crippen LogP contribution < -0.4 is 5.73 Å². The van der Waals surface area contributed by atoms with Crippen LogP contribution in [-0.2, 0) is 4.74 Å². The molecule has 0 bridgehead atoms. The Hall–Kier alpha value is -0.970. The van der Waals surface area contributed by atoms with Gasteiger partial charge in [-0.3, -0.25) is 9.88 Å². The Bertz CT molecular complexity index is 305. The largest absolute Gasteiger partial charge is 0.374 e. The number of nitrogens with two attached hydrogens (primary N) is 1. The summed E-state index contributed by atoms with van der Waals surface area (Å²) in [6.07, 6.45) is 1.88. The lowest BCUT2D eigenvalue weighted by molar-refractivity contribution is -0.0671. The highest BCUT2D eigenvalue weighted by Crippen LogP contribution is 2.27. The Morgan fingerprint density at radius 3 is 3.06 bits per heavy atom. The summed E-state index contributed by atoms with van der Waals surface area (Å²) in [6.45, 7) is 5.42. The van der Waals surface area contributed by atoms with Crippen molar-refractivity contribution in [2.75, 3.05) is 26.2 Å². The number of ether oxygens (including phenoxy) is 1. The SMILES string of the molecule is CCN1CCOC(CN)C1c1ccccn1. The fraction of sp³-hybridized carbons (Fsp3) is 0.583. The Morgan fingerprint density at radius 1 is 1.56 bits per heavy atom.